The number of hydrogen-bond acceptors (Lipinski definition) is 3. The molecule has 128 valence electrons. The van der Waals surface area contributed by atoms with Crippen molar-refractivity contribution in [1.82, 2.24) is 16.0 Å². The van der Waals surface area contributed by atoms with Crippen LogP contribution in [0.1, 0.15) is 41.9 Å². The average Bonchev–Trinajstić information content (AvgIpc) is 3.18. The molecule has 1 amide bonds. The van der Waals surface area contributed by atoms with Crippen molar-refractivity contribution in [2.45, 2.75) is 45.6 Å². The van der Waals surface area contributed by atoms with Gasteiger partial charge in [-0.1, -0.05) is 12.8 Å². The first-order valence-corrected chi connectivity index (χ1v) is 9.25. The van der Waals surface area contributed by atoms with Crippen LogP contribution in [-0.4, -0.2) is 32.0 Å². The van der Waals surface area contributed by atoms with Gasteiger partial charge in [-0.2, -0.15) is 0 Å². The molecule has 1 aromatic heterocycles. The van der Waals surface area contributed by atoms with Crippen LogP contribution < -0.4 is 16.0 Å². The highest BCUT2D eigenvalue weighted by atomic mass is 32.1. The standard InChI is InChI=1S/C17H28N4OS/c1-13-7-8-15(23-13)12-21-17(18-2)20-10-9-19-16(22)11-14-5-3-4-6-14/h7-8,14H,3-6,9-12H2,1-2H3,(H,19,22)(H2,18,20,21). The molecule has 0 unspecified atom stereocenters. The zero-order valence-corrected chi connectivity index (χ0v) is 15.0. The van der Waals surface area contributed by atoms with E-state index in [2.05, 4.69) is 40.0 Å². The Labute approximate surface area is 143 Å². The molecule has 1 aromatic rings. The molecule has 23 heavy (non-hydrogen) atoms. The van der Waals surface area contributed by atoms with Gasteiger partial charge in [0.15, 0.2) is 5.96 Å². The fourth-order valence-electron chi connectivity index (χ4n) is 2.90. The van der Waals surface area contributed by atoms with E-state index in [4.69, 9.17) is 0 Å². The first kappa shape index (κ1) is 17.8. The van der Waals surface area contributed by atoms with Gasteiger partial charge in [0, 0.05) is 36.3 Å². The number of amides is 1. The molecule has 0 spiro atoms. The molecular formula is C17H28N4OS. The van der Waals surface area contributed by atoms with Crippen LogP contribution in [0.4, 0.5) is 0 Å². The van der Waals surface area contributed by atoms with E-state index in [1.54, 1.807) is 18.4 Å². The number of carbonyl (C=O) groups excluding carboxylic acids is 1. The van der Waals surface area contributed by atoms with E-state index in [9.17, 15) is 4.79 Å². The summed E-state index contributed by atoms with van der Waals surface area (Å²) in [5, 5.41) is 9.49. The Morgan fingerprint density at radius 1 is 1.22 bits per heavy atom. The van der Waals surface area contributed by atoms with Crippen LogP contribution in [0.5, 0.6) is 0 Å². The second-order valence-electron chi connectivity index (χ2n) is 6.07. The zero-order valence-electron chi connectivity index (χ0n) is 14.2. The van der Waals surface area contributed by atoms with Gasteiger partial charge in [-0.05, 0) is 37.8 Å². The Morgan fingerprint density at radius 2 is 1.96 bits per heavy atom. The van der Waals surface area contributed by atoms with Crippen molar-refractivity contribution in [2.24, 2.45) is 10.9 Å². The molecule has 5 nitrogen and oxygen atoms in total. The Hall–Kier alpha value is -1.56. The Bertz CT molecular complexity index is 520. The maximum Gasteiger partial charge on any atom is 0.220 e. The van der Waals surface area contributed by atoms with Crippen molar-refractivity contribution in [3.63, 3.8) is 0 Å². The first-order valence-electron chi connectivity index (χ1n) is 8.44. The van der Waals surface area contributed by atoms with Crippen LogP contribution in [0.3, 0.4) is 0 Å². The predicted molar refractivity (Wildman–Crippen MR) is 96.8 cm³/mol. The molecule has 6 heteroatoms. The topological polar surface area (TPSA) is 65.5 Å². The molecule has 0 radical (unpaired) electrons. The SMILES string of the molecule is CN=C(NCCNC(=O)CC1CCCC1)NCc1ccc(C)s1. The van der Waals surface area contributed by atoms with Gasteiger partial charge >= 0.3 is 0 Å². The summed E-state index contributed by atoms with van der Waals surface area (Å²) in [5.74, 6) is 1.54. The summed E-state index contributed by atoms with van der Waals surface area (Å²) in [7, 11) is 1.76. The summed E-state index contributed by atoms with van der Waals surface area (Å²) in [6, 6.07) is 4.25. The predicted octanol–water partition coefficient (Wildman–Crippen LogP) is 2.42. The molecule has 3 N–H and O–H groups in total. The van der Waals surface area contributed by atoms with E-state index in [1.165, 1.54) is 35.4 Å². The van der Waals surface area contributed by atoms with Crippen LogP contribution in [-0.2, 0) is 11.3 Å². The quantitative estimate of drug-likeness (QED) is 0.407. The second kappa shape index (κ2) is 9.55. The molecule has 2 rings (SSSR count). The van der Waals surface area contributed by atoms with Gasteiger partial charge in [0.1, 0.15) is 0 Å². The third-order valence-electron chi connectivity index (χ3n) is 4.14. The smallest absolute Gasteiger partial charge is 0.220 e. The lowest BCUT2D eigenvalue weighted by atomic mass is 10.0. The van der Waals surface area contributed by atoms with Crippen molar-refractivity contribution >= 4 is 23.2 Å². The Kier molecular flexibility index (Phi) is 7.39. The first-order chi connectivity index (χ1) is 11.2. The molecule has 1 aliphatic carbocycles. The lowest BCUT2D eigenvalue weighted by Gasteiger charge is -2.13. The molecule has 0 saturated heterocycles. The minimum absolute atomic E-state index is 0.177. The lowest BCUT2D eigenvalue weighted by molar-refractivity contribution is -0.121. The molecule has 1 aliphatic rings. The average molecular weight is 337 g/mol. The van der Waals surface area contributed by atoms with Crippen LogP contribution in [0, 0.1) is 12.8 Å². The van der Waals surface area contributed by atoms with E-state index in [0.717, 1.165) is 12.5 Å². The van der Waals surface area contributed by atoms with Gasteiger partial charge in [-0.15, -0.1) is 11.3 Å². The molecule has 0 atom stereocenters. The molecule has 0 aromatic carbocycles. The van der Waals surface area contributed by atoms with Crippen molar-refractivity contribution in [3.05, 3.63) is 21.9 Å². The van der Waals surface area contributed by atoms with Crippen molar-refractivity contribution < 1.29 is 4.79 Å². The largest absolute Gasteiger partial charge is 0.355 e. The van der Waals surface area contributed by atoms with Crippen LogP contribution in [0.25, 0.3) is 0 Å². The minimum Gasteiger partial charge on any atom is -0.355 e. The molecule has 0 aliphatic heterocycles. The van der Waals surface area contributed by atoms with Crippen LogP contribution in [0.2, 0.25) is 0 Å². The lowest BCUT2D eigenvalue weighted by Crippen LogP contribution is -2.41. The van der Waals surface area contributed by atoms with Crippen molar-refractivity contribution in [2.75, 3.05) is 20.1 Å². The number of nitrogens with zero attached hydrogens (tertiary/aromatic N) is 1. The third kappa shape index (κ3) is 6.60. The highest BCUT2D eigenvalue weighted by molar-refractivity contribution is 7.11. The van der Waals surface area contributed by atoms with E-state index in [-0.39, 0.29) is 5.91 Å². The highest BCUT2D eigenvalue weighted by Crippen LogP contribution is 2.27. The fraction of sp³-hybridized carbons (Fsp3) is 0.647. The highest BCUT2D eigenvalue weighted by Gasteiger charge is 2.17. The van der Waals surface area contributed by atoms with E-state index in [1.807, 2.05) is 0 Å². The van der Waals surface area contributed by atoms with E-state index < -0.39 is 0 Å². The number of aliphatic imine (C=N–C) groups is 1. The number of nitrogens with one attached hydrogen (secondary N) is 3. The van der Waals surface area contributed by atoms with Crippen LogP contribution >= 0.6 is 11.3 Å². The summed E-state index contributed by atoms with van der Waals surface area (Å²) in [6.07, 6.45) is 5.68. The molecule has 1 heterocycles. The van der Waals surface area contributed by atoms with Gasteiger partial charge in [0.25, 0.3) is 0 Å². The van der Waals surface area contributed by atoms with Crippen molar-refractivity contribution in [3.8, 4) is 0 Å². The van der Waals surface area contributed by atoms with Crippen molar-refractivity contribution in [1.29, 1.82) is 0 Å². The third-order valence-corrected chi connectivity index (χ3v) is 5.14. The normalized spacial score (nSPS) is 15.7. The number of carbonyl (C=O) groups is 1. The molecule has 1 fully saturated rings. The van der Waals surface area contributed by atoms with Gasteiger partial charge < -0.3 is 16.0 Å². The zero-order chi connectivity index (χ0) is 16.5. The number of thiophene rings is 1. The summed E-state index contributed by atoms with van der Waals surface area (Å²) in [6.45, 7) is 4.19. The monoisotopic (exact) mass is 336 g/mol. The number of aryl methyl sites for hydroxylation is 1. The van der Waals surface area contributed by atoms with Gasteiger partial charge in [0.2, 0.25) is 5.91 Å². The summed E-state index contributed by atoms with van der Waals surface area (Å²) in [4.78, 5) is 18.6. The van der Waals surface area contributed by atoms with Gasteiger partial charge in [0.05, 0.1) is 6.54 Å². The molecular weight excluding hydrogens is 308 g/mol. The Balaban J connectivity index is 1.57. The maximum atomic E-state index is 11.8. The number of guanidine groups is 1. The summed E-state index contributed by atoms with van der Waals surface area (Å²) >= 11 is 1.79. The fourth-order valence-corrected chi connectivity index (χ4v) is 3.73. The number of hydrogen-bond donors (Lipinski definition) is 3. The summed E-state index contributed by atoms with van der Waals surface area (Å²) in [5.41, 5.74) is 0. The maximum absolute atomic E-state index is 11.8. The molecule has 0 bridgehead atoms. The number of rotatable bonds is 7. The summed E-state index contributed by atoms with van der Waals surface area (Å²) < 4.78 is 0. The molecule has 1 saturated carbocycles. The van der Waals surface area contributed by atoms with Gasteiger partial charge in [-0.3, -0.25) is 9.79 Å². The second-order valence-corrected chi connectivity index (χ2v) is 7.44. The van der Waals surface area contributed by atoms with Crippen LogP contribution in [0.15, 0.2) is 17.1 Å². The van der Waals surface area contributed by atoms with Gasteiger partial charge in [-0.25, -0.2) is 0 Å². The Morgan fingerprint density at radius 3 is 2.61 bits per heavy atom. The van der Waals surface area contributed by atoms with E-state index >= 15 is 0 Å². The van der Waals surface area contributed by atoms with E-state index in [0.29, 0.717) is 25.4 Å². The minimum atomic E-state index is 0.177.